The van der Waals surface area contributed by atoms with Crippen LogP contribution in [0, 0.1) is 0 Å². The normalized spacial score (nSPS) is 19.2. The zero-order valence-electron chi connectivity index (χ0n) is 17.3. The lowest BCUT2D eigenvalue weighted by molar-refractivity contribution is 0.0224. The molecule has 0 N–H and O–H groups in total. The Bertz CT molecular complexity index is 895. The van der Waals surface area contributed by atoms with Gasteiger partial charge in [-0.1, -0.05) is 11.6 Å². The molecule has 4 rings (SSSR count). The third kappa shape index (κ3) is 4.35. The average Bonchev–Trinajstić information content (AvgIpc) is 3.16. The highest BCUT2D eigenvalue weighted by molar-refractivity contribution is 6.30. The van der Waals surface area contributed by atoms with Gasteiger partial charge in [-0.3, -0.25) is 4.98 Å². The van der Waals surface area contributed by atoms with Crippen molar-refractivity contribution in [3.63, 3.8) is 0 Å². The van der Waals surface area contributed by atoms with E-state index < -0.39 is 5.60 Å². The molecule has 2 aliphatic heterocycles. The molecule has 1 atom stereocenters. The number of carbonyl (C=O) groups is 1. The molecule has 2 aromatic rings. The van der Waals surface area contributed by atoms with E-state index >= 15 is 0 Å². The van der Waals surface area contributed by atoms with E-state index in [-0.39, 0.29) is 12.1 Å². The van der Waals surface area contributed by atoms with Crippen LogP contribution in [0.15, 0.2) is 36.7 Å². The molecule has 1 fully saturated rings. The highest BCUT2D eigenvalue weighted by Crippen LogP contribution is 2.39. The molecule has 1 saturated heterocycles. The molecule has 3 heterocycles. The Morgan fingerprint density at radius 3 is 2.69 bits per heavy atom. The number of carbonyl (C=O) groups excluding carboxylic acids is 1. The van der Waals surface area contributed by atoms with E-state index in [0.29, 0.717) is 0 Å². The van der Waals surface area contributed by atoms with Crippen molar-refractivity contribution in [2.45, 2.75) is 58.2 Å². The van der Waals surface area contributed by atoms with Crippen LogP contribution in [-0.4, -0.2) is 34.7 Å². The number of hydrogen-bond donors (Lipinski definition) is 0. The molecule has 5 nitrogen and oxygen atoms in total. The number of rotatable bonds is 2. The van der Waals surface area contributed by atoms with Gasteiger partial charge in [-0.25, -0.2) is 4.79 Å². The first-order valence-electron chi connectivity index (χ1n) is 10.3. The first kappa shape index (κ1) is 20.0. The maximum atomic E-state index is 12.8. The third-order valence-electron chi connectivity index (χ3n) is 5.61. The molecular weight excluding hydrogens is 386 g/mol. The van der Waals surface area contributed by atoms with E-state index in [2.05, 4.69) is 16.0 Å². The summed E-state index contributed by atoms with van der Waals surface area (Å²) in [6, 6.07) is 8.22. The number of aromatic nitrogens is 1. The minimum absolute atomic E-state index is 0.00897. The second-order valence-corrected chi connectivity index (χ2v) is 9.28. The highest BCUT2D eigenvalue weighted by atomic mass is 35.5. The predicted molar refractivity (Wildman–Crippen MR) is 115 cm³/mol. The van der Waals surface area contributed by atoms with Gasteiger partial charge in [-0.2, -0.15) is 0 Å². The van der Waals surface area contributed by atoms with Crippen LogP contribution in [0.5, 0.6) is 0 Å². The van der Waals surface area contributed by atoms with Crippen LogP contribution in [0.25, 0.3) is 0 Å². The lowest BCUT2D eigenvalue weighted by Crippen LogP contribution is -2.37. The number of pyridine rings is 1. The SMILES string of the molecule is CC(C)(C)OC(=O)N1CCC[C@H]1c1cc(Cl)cc2c1CN(c1ccncc1)CC2. The van der Waals surface area contributed by atoms with Crippen molar-refractivity contribution in [3.8, 4) is 0 Å². The van der Waals surface area contributed by atoms with Crippen LogP contribution in [0.4, 0.5) is 10.5 Å². The highest BCUT2D eigenvalue weighted by Gasteiger charge is 2.35. The molecule has 0 radical (unpaired) electrons. The monoisotopic (exact) mass is 413 g/mol. The largest absolute Gasteiger partial charge is 0.444 e. The Morgan fingerprint density at radius 2 is 1.97 bits per heavy atom. The first-order chi connectivity index (χ1) is 13.8. The van der Waals surface area contributed by atoms with E-state index in [1.54, 1.807) is 0 Å². The average molecular weight is 414 g/mol. The number of benzene rings is 1. The Kier molecular flexibility index (Phi) is 5.43. The topological polar surface area (TPSA) is 45.7 Å². The fourth-order valence-electron chi connectivity index (χ4n) is 4.36. The lowest BCUT2D eigenvalue weighted by Gasteiger charge is -2.35. The number of hydrogen-bond acceptors (Lipinski definition) is 4. The molecule has 2 aliphatic rings. The van der Waals surface area contributed by atoms with Crippen LogP contribution in [0.2, 0.25) is 5.02 Å². The summed E-state index contributed by atoms with van der Waals surface area (Å²) in [5.74, 6) is 0. The fourth-order valence-corrected chi connectivity index (χ4v) is 4.61. The van der Waals surface area contributed by atoms with Gasteiger partial charge in [0.1, 0.15) is 5.60 Å². The summed E-state index contributed by atoms with van der Waals surface area (Å²) in [6.07, 6.45) is 6.25. The van der Waals surface area contributed by atoms with Crippen molar-refractivity contribution in [2.75, 3.05) is 18.0 Å². The molecule has 1 aromatic heterocycles. The van der Waals surface area contributed by atoms with E-state index in [0.717, 1.165) is 49.5 Å². The summed E-state index contributed by atoms with van der Waals surface area (Å²) in [4.78, 5) is 21.2. The Balaban J connectivity index is 1.66. The first-order valence-corrected chi connectivity index (χ1v) is 10.7. The van der Waals surface area contributed by atoms with Crippen molar-refractivity contribution >= 4 is 23.4 Å². The van der Waals surface area contributed by atoms with E-state index in [1.165, 1.54) is 16.8 Å². The molecule has 0 bridgehead atoms. The molecular formula is C23H28ClN3O2. The molecule has 0 unspecified atom stereocenters. The summed E-state index contributed by atoms with van der Waals surface area (Å²) in [6.45, 7) is 8.19. The van der Waals surface area contributed by atoms with Crippen molar-refractivity contribution in [2.24, 2.45) is 0 Å². The molecule has 6 heteroatoms. The minimum atomic E-state index is -0.504. The zero-order chi connectivity index (χ0) is 20.6. The second-order valence-electron chi connectivity index (χ2n) is 8.84. The fraction of sp³-hybridized carbons (Fsp3) is 0.478. The summed E-state index contributed by atoms with van der Waals surface area (Å²) in [7, 11) is 0. The minimum Gasteiger partial charge on any atom is -0.444 e. The summed E-state index contributed by atoms with van der Waals surface area (Å²) in [5.41, 5.74) is 4.40. The Labute approximate surface area is 177 Å². The van der Waals surface area contributed by atoms with Crippen LogP contribution in [0.3, 0.4) is 0 Å². The quantitative estimate of drug-likeness (QED) is 0.663. The van der Waals surface area contributed by atoms with E-state index in [1.807, 2.05) is 56.3 Å². The van der Waals surface area contributed by atoms with Crippen molar-refractivity contribution in [3.05, 3.63) is 58.4 Å². The predicted octanol–water partition coefficient (Wildman–Crippen LogP) is 5.37. The van der Waals surface area contributed by atoms with Crippen LogP contribution in [0.1, 0.15) is 56.3 Å². The molecule has 0 saturated carbocycles. The van der Waals surface area contributed by atoms with E-state index in [9.17, 15) is 4.79 Å². The maximum absolute atomic E-state index is 12.8. The van der Waals surface area contributed by atoms with Gasteiger partial charge in [-0.15, -0.1) is 0 Å². The number of ether oxygens (including phenoxy) is 1. The number of anilines is 1. The van der Waals surface area contributed by atoms with Gasteiger partial charge in [-0.05, 0) is 81.0 Å². The number of likely N-dealkylation sites (tertiary alicyclic amines) is 1. The van der Waals surface area contributed by atoms with Crippen LogP contribution < -0.4 is 4.90 Å². The van der Waals surface area contributed by atoms with Gasteiger partial charge in [0, 0.05) is 42.7 Å². The van der Waals surface area contributed by atoms with Crippen molar-refractivity contribution in [1.82, 2.24) is 9.88 Å². The molecule has 1 amide bonds. The van der Waals surface area contributed by atoms with Gasteiger partial charge < -0.3 is 14.5 Å². The third-order valence-corrected chi connectivity index (χ3v) is 5.83. The molecule has 29 heavy (non-hydrogen) atoms. The van der Waals surface area contributed by atoms with Crippen molar-refractivity contribution in [1.29, 1.82) is 0 Å². The number of fused-ring (bicyclic) bond motifs is 1. The van der Waals surface area contributed by atoms with Crippen molar-refractivity contribution < 1.29 is 9.53 Å². The van der Waals surface area contributed by atoms with Gasteiger partial charge in [0.05, 0.1) is 6.04 Å². The van der Waals surface area contributed by atoms with Gasteiger partial charge >= 0.3 is 6.09 Å². The number of nitrogens with zero attached hydrogens (tertiary/aromatic N) is 3. The molecule has 154 valence electrons. The number of amides is 1. The maximum Gasteiger partial charge on any atom is 0.410 e. The lowest BCUT2D eigenvalue weighted by atomic mass is 9.90. The van der Waals surface area contributed by atoms with Crippen LogP contribution in [-0.2, 0) is 17.7 Å². The Hall–Kier alpha value is -2.27. The van der Waals surface area contributed by atoms with Gasteiger partial charge in [0.2, 0.25) is 0 Å². The van der Waals surface area contributed by atoms with E-state index in [4.69, 9.17) is 16.3 Å². The molecule has 0 aliphatic carbocycles. The molecule has 0 spiro atoms. The van der Waals surface area contributed by atoms with Gasteiger partial charge in [0.15, 0.2) is 0 Å². The van der Waals surface area contributed by atoms with Crippen LogP contribution >= 0.6 is 11.6 Å². The van der Waals surface area contributed by atoms with Gasteiger partial charge in [0.25, 0.3) is 0 Å². The Morgan fingerprint density at radius 1 is 1.21 bits per heavy atom. The zero-order valence-corrected chi connectivity index (χ0v) is 18.1. The standard InChI is InChI=1S/C23H28ClN3O2/c1-23(2,3)29-22(28)27-11-4-5-21(27)19-14-17(24)13-16-8-12-26(15-20(16)19)18-6-9-25-10-7-18/h6-7,9-10,13-14,21H,4-5,8,11-12,15H2,1-3H3/t21-/m0/s1. The molecule has 1 aromatic carbocycles. The summed E-state index contributed by atoms with van der Waals surface area (Å²) in [5, 5.41) is 0.743. The second kappa shape index (κ2) is 7.86. The number of halogens is 1. The smallest absolute Gasteiger partial charge is 0.410 e. The summed E-state index contributed by atoms with van der Waals surface area (Å²) >= 11 is 6.49. The summed E-state index contributed by atoms with van der Waals surface area (Å²) < 4.78 is 5.67.